The van der Waals surface area contributed by atoms with Gasteiger partial charge in [0.2, 0.25) is 0 Å². The number of nitrogens with two attached hydrogens (primary N) is 1. The van der Waals surface area contributed by atoms with Gasteiger partial charge in [-0.3, -0.25) is 0 Å². The van der Waals surface area contributed by atoms with Gasteiger partial charge < -0.3 is 15.4 Å². The molecule has 4 heteroatoms. The predicted molar refractivity (Wildman–Crippen MR) is 96.4 cm³/mol. The van der Waals surface area contributed by atoms with Crippen LogP contribution in [0.1, 0.15) is 57.1 Å². The summed E-state index contributed by atoms with van der Waals surface area (Å²) < 4.78 is 5.55. The molecule has 2 bridgehead atoms. The Morgan fingerprint density at radius 2 is 2.17 bits per heavy atom. The average molecular weight is 330 g/mol. The molecule has 2 N–H and O–H groups in total. The van der Waals surface area contributed by atoms with Gasteiger partial charge in [-0.2, -0.15) is 0 Å². The SMILES string of the molecule is CCN(C)C(=O)Oc1ccc2c(c1)[C@@]1(C)CCCCCC(C2)[C@@H]1N. The Kier molecular flexibility index (Phi) is 4.86. The first-order valence-electron chi connectivity index (χ1n) is 9.27. The fourth-order valence-electron chi connectivity index (χ4n) is 4.40. The van der Waals surface area contributed by atoms with E-state index in [4.69, 9.17) is 10.5 Å². The molecule has 1 fully saturated rings. The number of amides is 1. The monoisotopic (exact) mass is 330 g/mol. The van der Waals surface area contributed by atoms with Gasteiger partial charge in [-0.05, 0) is 55.4 Å². The van der Waals surface area contributed by atoms with Crippen LogP contribution in [-0.2, 0) is 11.8 Å². The van der Waals surface area contributed by atoms with Crippen molar-refractivity contribution in [1.29, 1.82) is 0 Å². The van der Waals surface area contributed by atoms with Crippen molar-refractivity contribution >= 4 is 6.09 Å². The predicted octanol–water partition coefficient (Wildman–Crippen LogP) is 3.86. The van der Waals surface area contributed by atoms with Crippen molar-refractivity contribution in [2.75, 3.05) is 13.6 Å². The van der Waals surface area contributed by atoms with Crippen molar-refractivity contribution in [1.82, 2.24) is 4.90 Å². The van der Waals surface area contributed by atoms with Crippen LogP contribution >= 0.6 is 0 Å². The molecule has 1 aromatic carbocycles. The Labute approximate surface area is 145 Å². The van der Waals surface area contributed by atoms with Crippen molar-refractivity contribution in [2.24, 2.45) is 11.7 Å². The molecule has 1 unspecified atom stereocenters. The van der Waals surface area contributed by atoms with E-state index in [1.54, 1.807) is 11.9 Å². The fraction of sp³-hybridized carbons (Fsp3) is 0.650. The number of fused-ring (bicyclic) bond motifs is 4. The number of nitrogens with zero attached hydrogens (tertiary/aromatic N) is 1. The number of ether oxygens (including phenoxy) is 1. The van der Waals surface area contributed by atoms with Gasteiger partial charge in [-0.1, -0.05) is 32.3 Å². The molecule has 4 nitrogen and oxygen atoms in total. The van der Waals surface area contributed by atoms with E-state index in [9.17, 15) is 4.79 Å². The molecule has 0 spiro atoms. The van der Waals surface area contributed by atoms with E-state index in [-0.39, 0.29) is 17.6 Å². The van der Waals surface area contributed by atoms with E-state index >= 15 is 0 Å². The molecule has 0 heterocycles. The molecule has 0 radical (unpaired) electrons. The number of carbonyl (C=O) groups excluding carboxylic acids is 1. The summed E-state index contributed by atoms with van der Waals surface area (Å²) in [6.45, 7) is 4.87. The topological polar surface area (TPSA) is 55.6 Å². The van der Waals surface area contributed by atoms with Gasteiger partial charge in [0.15, 0.2) is 0 Å². The van der Waals surface area contributed by atoms with E-state index in [2.05, 4.69) is 19.1 Å². The molecular weight excluding hydrogens is 300 g/mol. The number of benzene rings is 1. The third-order valence-electron chi connectivity index (χ3n) is 6.18. The zero-order valence-corrected chi connectivity index (χ0v) is 15.2. The molecule has 0 saturated heterocycles. The number of hydrogen-bond donors (Lipinski definition) is 1. The van der Waals surface area contributed by atoms with Crippen LogP contribution in [0.3, 0.4) is 0 Å². The summed E-state index contributed by atoms with van der Waals surface area (Å²) >= 11 is 0. The minimum Gasteiger partial charge on any atom is -0.410 e. The molecule has 132 valence electrons. The minimum absolute atomic E-state index is 0.0161. The lowest BCUT2D eigenvalue weighted by molar-refractivity contribution is 0.164. The second-order valence-electron chi connectivity index (χ2n) is 7.71. The van der Waals surface area contributed by atoms with Crippen LogP contribution in [0.25, 0.3) is 0 Å². The Hall–Kier alpha value is -1.55. The van der Waals surface area contributed by atoms with Gasteiger partial charge in [-0.15, -0.1) is 0 Å². The minimum atomic E-state index is -0.307. The highest BCUT2D eigenvalue weighted by molar-refractivity contribution is 5.70. The summed E-state index contributed by atoms with van der Waals surface area (Å²) in [6, 6.07) is 6.33. The summed E-state index contributed by atoms with van der Waals surface area (Å²) in [5.74, 6) is 1.20. The van der Waals surface area contributed by atoms with Gasteiger partial charge >= 0.3 is 6.09 Å². The molecule has 3 rings (SSSR count). The van der Waals surface area contributed by atoms with Crippen molar-refractivity contribution in [2.45, 2.75) is 63.8 Å². The van der Waals surface area contributed by atoms with Crippen LogP contribution in [0.4, 0.5) is 4.79 Å². The van der Waals surface area contributed by atoms with E-state index in [0.29, 0.717) is 18.2 Å². The van der Waals surface area contributed by atoms with Gasteiger partial charge in [0.25, 0.3) is 0 Å². The molecule has 0 aromatic heterocycles. The van der Waals surface area contributed by atoms with Crippen molar-refractivity contribution in [3.8, 4) is 5.75 Å². The molecule has 0 aliphatic heterocycles. The summed E-state index contributed by atoms with van der Waals surface area (Å²) in [6.07, 6.45) is 6.90. The largest absolute Gasteiger partial charge is 0.414 e. The Bertz CT molecular complexity index is 616. The first-order valence-corrected chi connectivity index (χ1v) is 9.27. The highest BCUT2D eigenvalue weighted by Gasteiger charge is 2.43. The number of hydrogen-bond acceptors (Lipinski definition) is 3. The van der Waals surface area contributed by atoms with Crippen LogP contribution in [0.15, 0.2) is 18.2 Å². The molecule has 3 atom stereocenters. The molecule has 1 amide bonds. The second kappa shape index (κ2) is 6.75. The van der Waals surface area contributed by atoms with E-state index < -0.39 is 0 Å². The standard InChI is InChI=1S/C20H30N2O2/c1-4-22(3)19(23)24-16-10-9-14-12-15-8-6-5-7-11-20(2,18(15)21)17(14)13-16/h9-10,13,15,18H,4-8,11-12,21H2,1-3H3/t15?,18-,20+/m0/s1. The van der Waals surface area contributed by atoms with Gasteiger partial charge in [0, 0.05) is 25.0 Å². The normalized spacial score (nSPS) is 29.2. The third kappa shape index (κ3) is 3.04. The Morgan fingerprint density at radius 3 is 2.92 bits per heavy atom. The number of rotatable bonds is 2. The van der Waals surface area contributed by atoms with Gasteiger partial charge in [0.1, 0.15) is 5.75 Å². The van der Waals surface area contributed by atoms with E-state index in [1.165, 1.54) is 36.8 Å². The fourth-order valence-corrected chi connectivity index (χ4v) is 4.40. The molecular formula is C20H30N2O2. The lowest BCUT2D eigenvalue weighted by Crippen LogP contribution is -2.52. The maximum absolute atomic E-state index is 12.0. The molecule has 2 aliphatic rings. The van der Waals surface area contributed by atoms with Crippen LogP contribution < -0.4 is 10.5 Å². The van der Waals surface area contributed by atoms with Crippen molar-refractivity contribution in [3.05, 3.63) is 29.3 Å². The Morgan fingerprint density at radius 1 is 1.38 bits per heavy atom. The second-order valence-corrected chi connectivity index (χ2v) is 7.71. The van der Waals surface area contributed by atoms with E-state index in [0.717, 1.165) is 12.8 Å². The van der Waals surface area contributed by atoms with Crippen LogP contribution in [0.5, 0.6) is 5.75 Å². The van der Waals surface area contributed by atoms with E-state index in [1.807, 2.05) is 13.0 Å². The summed E-state index contributed by atoms with van der Waals surface area (Å²) in [4.78, 5) is 13.6. The zero-order valence-electron chi connectivity index (χ0n) is 15.2. The molecule has 24 heavy (non-hydrogen) atoms. The summed E-state index contributed by atoms with van der Waals surface area (Å²) in [7, 11) is 1.75. The van der Waals surface area contributed by atoms with Crippen molar-refractivity contribution in [3.63, 3.8) is 0 Å². The molecule has 2 aliphatic carbocycles. The first kappa shape index (κ1) is 17.3. The molecule has 1 aromatic rings. The Balaban J connectivity index is 1.93. The number of carbonyl (C=O) groups is 1. The summed E-state index contributed by atoms with van der Waals surface area (Å²) in [5, 5.41) is 0. The van der Waals surface area contributed by atoms with Gasteiger partial charge in [-0.25, -0.2) is 4.79 Å². The summed E-state index contributed by atoms with van der Waals surface area (Å²) in [5.41, 5.74) is 9.37. The highest BCUT2D eigenvalue weighted by atomic mass is 16.6. The molecule has 1 saturated carbocycles. The lowest BCUT2D eigenvalue weighted by Gasteiger charge is -2.47. The quantitative estimate of drug-likeness (QED) is 0.896. The maximum Gasteiger partial charge on any atom is 0.414 e. The smallest absolute Gasteiger partial charge is 0.410 e. The first-order chi connectivity index (χ1) is 11.5. The highest BCUT2D eigenvalue weighted by Crippen LogP contribution is 2.46. The average Bonchev–Trinajstić information content (AvgIpc) is 2.58. The zero-order chi connectivity index (χ0) is 17.3. The lowest BCUT2D eigenvalue weighted by atomic mass is 9.60. The van der Waals surface area contributed by atoms with Gasteiger partial charge in [0.05, 0.1) is 0 Å². The van der Waals surface area contributed by atoms with Crippen LogP contribution in [0.2, 0.25) is 0 Å². The maximum atomic E-state index is 12.0. The van der Waals surface area contributed by atoms with Crippen molar-refractivity contribution < 1.29 is 9.53 Å². The van der Waals surface area contributed by atoms with Crippen LogP contribution in [-0.4, -0.2) is 30.6 Å². The third-order valence-corrected chi connectivity index (χ3v) is 6.18. The van der Waals surface area contributed by atoms with Crippen LogP contribution in [0, 0.1) is 5.92 Å².